The summed E-state index contributed by atoms with van der Waals surface area (Å²) in [5.74, 6) is -1.26. The lowest BCUT2D eigenvalue weighted by atomic mass is 10.2. The summed E-state index contributed by atoms with van der Waals surface area (Å²) in [5, 5.41) is 10.0. The van der Waals surface area contributed by atoms with Crippen molar-refractivity contribution in [3.8, 4) is 9.88 Å². The zero-order valence-corrected chi connectivity index (χ0v) is 17.2. The zero-order valence-electron chi connectivity index (χ0n) is 14.0. The van der Waals surface area contributed by atoms with Crippen molar-refractivity contribution >= 4 is 50.4 Å². The molecule has 0 aliphatic heterocycles. The SMILES string of the molecule is O=C(Cc1csc(-c2cc(Br)cs2)n1)NCCNC(=O)c1ccccc1F. The highest BCUT2D eigenvalue weighted by Gasteiger charge is 2.12. The molecule has 0 unspecified atom stereocenters. The van der Waals surface area contributed by atoms with Gasteiger partial charge < -0.3 is 10.6 Å². The fraction of sp³-hybridized carbons (Fsp3) is 0.167. The molecule has 0 spiro atoms. The van der Waals surface area contributed by atoms with Gasteiger partial charge in [-0.15, -0.1) is 22.7 Å². The third-order valence-corrected chi connectivity index (χ3v) is 6.27. The van der Waals surface area contributed by atoms with E-state index in [1.807, 2.05) is 16.8 Å². The topological polar surface area (TPSA) is 71.1 Å². The summed E-state index contributed by atoms with van der Waals surface area (Å²) in [4.78, 5) is 29.4. The van der Waals surface area contributed by atoms with E-state index in [0.717, 1.165) is 14.4 Å². The van der Waals surface area contributed by atoms with Crippen LogP contribution >= 0.6 is 38.6 Å². The van der Waals surface area contributed by atoms with Crippen LogP contribution < -0.4 is 10.6 Å². The number of thiophene rings is 1. The predicted molar refractivity (Wildman–Crippen MR) is 109 cm³/mol. The molecule has 5 nitrogen and oxygen atoms in total. The average molecular weight is 468 g/mol. The number of hydrogen-bond acceptors (Lipinski definition) is 5. The Morgan fingerprint density at radius 3 is 2.63 bits per heavy atom. The number of carbonyl (C=O) groups excluding carboxylic acids is 2. The van der Waals surface area contributed by atoms with Crippen molar-refractivity contribution in [1.29, 1.82) is 0 Å². The van der Waals surface area contributed by atoms with E-state index < -0.39 is 11.7 Å². The lowest BCUT2D eigenvalue weighted by molar-refractivity contribution is -0.120. The second-order valence-corrected chi connectivity index (χ2v) is 8.22. The lowest BCUT2D eigenvalue weighted by Gasteiger charge is -2.07. The number of nitrogens with one attached hydrogen (secondary N) is 2. The van der Waals surface area contributed by atoms with Crippen molar-refractivity contribution in [3.05, 3.63) is 62.6 Å². The van der Waals surface area contributed by atoms with Crippen LogP contribution in [0.2, 0.25) is 0 Å². The maximum atomic E-state index is 13.5. The van der Waals surface area contributed by atoms with E-state index in [4.69, 9.17) is 0 Å². The first-order valence-corrected chi connectivity index (χ1v) is 10.6. The van der Waals surface area contributed by atoms with Crippen molar-refractivity contribution in [3.63, 3.8) is 0 Å². The quantitative estimate of drug-likeness (QED) is 0.518. The van der Waals surface area contributed by atoms with Crippen molar-refractivity contribution in [2.45, 2.75) is 6.42 Å². The molecule has 9 heteroatoms. The standard InChI is InChI=1S/C18H15BrFN3O2S2/c19-11-7-15(26-9-11)18-23-12(10-27-18)8-16(24)21-5-6-22-17(25)13-3-1-2-4-14(13)20/h1-4,7,9-10H,5-6,8H2,(H,21,24)(H,22,25). The first-order chi connectivity index (χ1) is 13.0. The Kier molecular flexibility index (Phi) is 6.70. The molecule has 2 aromatic heterocycles. The van der Waals surface area contributed by atoms with Gasteiger partial charge in [-0.2, -0.15) is 0 Å². The molecule has 0 radical (unpaired) electrons. The molecule has 0 aliphatic carbocycles. The Balaban J connectivity index is 1.42. The van der Waals surface area contributed by atoms with Crippen LogP contribution in [0.25, 0.3) is 9.88 Å². The summed E-state index contributed by atoms with van der Waals surface area (Å²) in [6.45, 7) is 0.471. The van der Waals surface area contributed by atoms with E-state index in [1.165, 1.54) is 29.5 Å². The molecule has 27 heavy (non-hydrogen) atoms. The van der Waals surface area contributed by atoms with E-state index in [1.54, 1.807) is 17.4 Å². The maximum absolute atomic E-state index is 13.5. The van der Waals surface area contributed by atoms with Crippen LogP contribution in [-0.2, 0) is 11.2 Å². The fourth-order valence-electron chi connectivity index (χ4n) is 2.27. The fourth-order valence-corrected chi connectivity index (χ4v) is 4.60. The number of aromatic nitrogens is 1. The van der Waals surface area contributed by atoms with Gasteiger partial charge in [-0.3, -0.25) is 9.59 Å². The predicted octanol–water partition coefficient (Wildman–Crippen LogP) is 3.86. The summed E-state index contributed by atoms with van der Waals surface area (Å²) in [7, 11) is 0. The third kappa shape index (κ3) is 5.44. The first-order valence-electron chi connectivity index (χ1n) is 8.01. The van der Waals surface area contributed by atoms with Crippen molar-refractivity contribution in [2.24, 2.45) is 0 Å². The van der Waals surface area contributed by atoms with Crippen LogP contribution in [-0.4, -0.2) is 29.9 Å². The van der Waals surface area contributed by atoms with E-state index in [2.05, 4.69) is 31.5 Å². The highest BCUT2D eigenvalue weighted by molar-refractivity contribution is 9.10. The van der Waals surface area contributed by atoms with E-state index in [-0.39, 0.29) is 31.0 Å². The number of carbonyl (C=O) groups is 2. The van der Waals surface area contributed by atoms with Gasteiger partial charge in [0.15, 0.2) is 0 Å². The monoisotopic (exact) mass is 467 g/mol. The molecule has 0 fully saturated rings. The van der Waals surface area contributed by atoms with Crippen LogP contribution in [0.15, 0.2) is 45.6 Å². The molecule has 0 aliphatic rings. The minimum atomic E-state index is -0.573. The van der Waals surface area contributed by atoms with Gasteiger partial charge in [0.25, 0.3) is 5.91 Å². The summed E-state index contributed by atoms with van der Waals surface area (Å²) in [5.41, 5.74) is 0.687. The van der Waals surface area contributed by atoms with Gasteiger partial charge in [0.05, 0.1) is 22.6 Å². The number of thiazole rings is 1. The largest absolute Gasteiger partial charge is 0.354 e. The van der Waals surface area contributed by atoms with Gasteiger partial charge in [0, 0.05) is 28.3 Å². The van der Waals surface area contributed by atoms with Crippen LogP contribution in [0, 0.1) is 5.82 Å². The molecule has 1 aromatic carbocycles. The number of rotatable bonds is 7. The van der Waals surface area contributed by atoms with Gasteiger partial charge in [-0.1, -0.05) is 12.1 Å². The Hall–Kier alpha value is -2.10. The molecular formula is C18H15BrFN3O2S2. The van der Waals surface area contributed by atoms with Crippen LogP contribution in [0.5, 0.6) is 0 Å². The molecule has 0 atom stereocenters. The lowest BCUT2D eigenvalue weighted by Crippen LogP contribution is -2.35. The van der Waals surface area contributed by atoms with Gasteiger partial charge in [0.1, 0.15) is 10.8 Å². The highest BCUT2D eigenvalue weighted by atomic mass is 79.9. The normalized spacial score (nSPS) is 10.6. The van der Waals surface area contributed by atoms with Gasteiger partial charge in [-0.05, 0) is 34.1 Å². The molecule has 2 N–H and O–H groups in total. The Morgan fingerprint density at radius 2 is 1.89 bits per heavy atom. The highest BCUT2D eigenvalue weighted by Crippen LogP contribution is 2.32. The second-order valence-electron chi connectivity index (χ2n) is 5.54. The molecule has 3 aromatic rings. The molecule has 0 bridgehead atoms. The molecule has 0 saturated carbocycles. The van der Waals surface area contributed by atoms with Gasteiger partial charge >= 0.3 is 0 Å². The number of amides is 2. The minimum Gasteiger partial charge on any atom is -0.354 e. The summed E-state index contributed by atoms with van der Waals surface area (Å²) >= 11 is 6.50. The molecule has 3 rings (SSSR count). The van der Waals surface area contributed by atoms with E-state index >= 15 is 0 Å². The number of hydrogen-bond donors (Lipinski definition) is 2. The molecule has 140 valence electrons. The summed E-state index contributed by atoms with van der Waals surface area (Å²) < 4.78 is 14.5. The smallest absolute Gasteiger partial charge is 0.254 e. The first kappa shape index (κ1) is 19.7. The Labute approximate surface area is 171 Å². The van der Waals surface area contributed by atoms with Crippen LogP contribution in [0.1, 0.15) is 16.1 Å². The summed E-state index contributed by atoms with van der Waals surface area (Å²) in [6, 6.07) is 7.75. The van der Waals surface area contributed by atoms with Crippen LogP contribution in [0.3, 0.4) is 0 Å². The maximum Gasteiger partial charge on any atom is 0.254 e. The minimum absolute atomic E-state index is 0.0148. The molecule has 0 saturated heterocycles. The third-order valence-electron chi connectivity index (χ3n) is 3.52. The molecule has 2 heterocycles. The number of benzene rings is 1. The van der Waals surface area contributed by atoms with Crippen molar-refractivity contribution < 1.29 is 14.0 Å². The molecule has 2 amide bonds. The van der Waals surface area contributed by atoms with E-state index in [9.17, 15) is 14.0 Å². The van der Waals surface area contributed by atoms with E-state index in [0.29, 0.717) is 5.69 Å². The van der Waals surface area contributed by atoms with Gasteiger partial charge in [0.2, 0.25) is 5.91 Å². The second kappa shape index (κ2) is 9.20. The number of nitrogens with zero attached hydrogens (tertiary/aromatic N) is 1. The number of halogens is 2. The van der Waals surface area contributed by atoms with Crippen LogP contribution in [0.4, 0.5) is 4.39 Å². The Bertz CT molecular complexity index is 957. The molecular weight excluding hydrogens is 453 g/mol. The zero-order chi connectivity index (χ0) is 19.2. The van der Waals surface area contributed by atoms with Crippen molar-refractivity contribution in [1.82, 2.24) is 15.6 Å². The summed E-state index contributed by atoms with van der Waals surface area (Å²) in [6.07, 6.45) is 0.171. The van der Waals surface area contributed by atoms with Crippen molar-refractivity contribution in [2.75, 3.05) is 13.1 Å². The van der Waals surface area contributed by atoms with Gasteiger partial charge in [-0.25, -0.2) is 9.37 Å². The average Bonchev–Trinajstić information content (AvgIpc) is 3.28. The Morgan fingerprint density at radius 1 is 1.11 bits per heavy atom.